The first-order valence-corrected chi connectivity index (χ1v) is 14.1. The molecule has 2 aromatic rings. The molecule has 4 rings (SSSR count). The largest absolute Gasteiger partial charge is 0.368 e. The van der Waals surface area contributed by atoms with Crippen LogP contribution in [0.25, 0.3) is 0 Å². The van der Waals surface area contributed by atoms with Crippen LogP contribution in [0.5, 0.6) is 0 Å². The van der Waals surface area contributed by atoms with Crippen LogP contribution in [0.2, 0.25) is 0 Å². The van der Waals surface area contributed by atoms with Crippen molar-refractivity contribution in [3.8, 4) is 0 Å². The van der Waals surface area contributed by atoms with Crippen molar-refractivity contribution < 1.29 is 23.9 Å². The Morgan fingerprint density at radius 1 is 1.10 bits per heavy atom. The number of nitrogens with one attached hydrogen (secondary N) is 3. The summed E-state index contributed by atoms with van der Waals surface area (Å²) in [5.41, 5.74) is 2.20. The van der Waals surface area contributed by atoms with E-state index in [0.717, 1.165) is 17.5 Å². The molecule has 0 radical (unpaired) electrons. The fraction of sp³-hybridized carbons (Fsp3) is 0.500. The highest BCUT2D eigenvalue weighted by molar-refractivity contribution is 5.97. The van der Waals surface area contributed by atoms with Crippen LogP contribution in [-0.2, 0) is 32.0 Å². The number of benzene rings is 1. The summed E-state index contributed by atoms with van der Waals surface area (Å²) in [5.74, 6) is -1.46. The van der Waals surface area contributed by atoms with Crippen molar-refractivity contribution in [3.63, 3.8) is 0 Å². The molecule has 0 spiro atoms. The molecule has 1 fully saturated rings. The quantitative estimate of drug-likeness (QED) is 0.532. The van der Waals surface area contributed by atoms with E-state index in [2.05, 4.69) is 20.9 Å². The van der Waals surface area contributed by atoms with Gasteiger partial charge in [0.2, 0.25) is 11.8 Å². The summed E-state index contributed by atoms with van der Waals surface area (Å²) in [4.78, 5) is 58.9. The van der Waals surface area contributed by atoms with E-state index in [-0.39, 0.29) is 42.6 Å². The van der Waals surface area contributed by atoms with Crippen molar-refractivity contribution in [3.05, 3.63) is 65.5 Å². The standard InChI is InChI=1S/C30H39N5O5/c1-20(2)27-29(38)33-24(15-21-8-4-3-5-9-21)18-35(30(39)25-11-7-13-40-25)19-26(36)32-12-6-10-22-14-23(17-31-16-22)28(37)34-27/h3-5,8-9,14,16-17,20,24-25,27H,6-7,10-13,15,18-19H2,1-2H3,(H,32,36)(H,33,38)(H,34,37)/t24-,25+,27-/m1/s1. The van der Waals surface area contributed by atoms with Gasteiger partial charge in [-0.1, -0.05) is 44.2 Å². The number of hydrogen-bond acceptors (Lipinski definition) is 6. The Balaban J connectivity index is 1.64. The number of aromatic nitrogens is 1. The first-order chi connectivity index (χ1) is 19.3. The smallest absolute Gasteiger partial charge is 0.253 e. The monoisotopic (exact) mass is 549 g/mol. The lowest BCUT2D eigenvalue weighted by Crippen LogP contribution is -2.56. The molecule has 2 aliphatic rings. The maximum absolute atomic E-state index is 13.6. The van der Waals surface area contributed by atoms with Crippen molar-refractivity contribution in [2.45, 2.75) is 64.1 Å². The van der Waals surface area contributed by atoms with Gasteiger partial charge in [-0.05, 0) is 55.2 Å². The number of carbonyl (C=O) groups is 4. The van der Waals surface area contributed by atoms with Gasteiger partial charge >= 0.3 is 0 Å². The van der Waals surface area contributed by atoms with Crippen LogP contribution in [0.3, 0.4) is 0 Å². The van der Waals surface area contributed by atoms with E-state index in [1.54, 1.807) is 12.3 Å². The Morgan fingerprint density at radius 2 is 1.90 bits per heavy atom. The topological polar surface area (TPSA) is 130 Å². The maximum Gasteiger partial charge on any atom is 0.253 e. The van der Waals surface area contributed by atoms with Gasteiger partial charge in [-0.3, -0.25) is 24.2 Å². The van der Waals surface area contributed by atoms with Crippen LogP contribution in [0.15, 0.2) is 48.8 Å². The average molecular weight is 550 g/mol. The number of fused-ring (bicyclic) bond motifs is 2. The van der Waals surface area contributed by atoms with Gasteiger partial charge in [-0.15, -0.1) is 0 Å². The van der Waals surface area contributed by atoms with Gasteiger partial charge < -0.3 is 25.6 Å². The summed E-state index contributed by atoms with van der Waals surface area (Å²) in [5, 5.41) is 8.86. The minimum Gasteiger partial charge on any atom is -0.368 e. The molecule has 4 amide bonds. The molecule has 40 heavy (non-hydrogen) atoms. The first kappa shape index (κ1) is 29.2. The normalized spacial score (nSPS) is 23.2. The predicted molar refractivity (Wildman–Crippen MR) is 149 cm³/mol. The molecule has 3 atom stereocenters. The van der Waals surface area contributed by atoms with Crippen LogP contribution in [0.4, 0.5) is 0 Å². The number of rotatable bonds is 4. The molecule has 0 aliphatic carbocycles. The van der Waals surface area contributed by atoms with Crippen molar-refractivity contribution >= 4 is 23.6 Å². The van der Waals surface area contributed by atoms with Gasteiger partial charge in [0, 0.05) is 32.1 Å². The molecule has 3 N–H and O–H groups in total. The Bertz CT molecular complexity index is 1180. The second-order valence-electron chi connectivity index (χ2n) is 10.8. The van der Waals surface area contributed by atoms with Gasteiger partial charge in [-0.2, -0.15) is 0 Å². The number of carbonyl (C=O) groups excluding carboxylic acids is 4. The molecule has 214 valence electrons. The summed E-state index contributed by atoms with van der Waals surface area (Å²) in [6, 6.07) is 10.1. The predicted octanol–water partition coefficient (Wildman–Crippen LogP) is 1.63. The highest BCUT2D eigenvalue weighted by Crippen LogP contribution is 2.16. The van der Waals surface area contributed by atoms with Gasteiger partial charge in [-0.25, -0.2) is 0 Å². The minimum atomic E-state index is -0.810. The van der Waals surface area contributed by atoms with Crippen molar-refractivity contribution in [1.29, 1.82) is 0 Å². The van der Waals surface area contributed by atoms with Crippen LogP contribution in [0, 0.1) is 5.92 Å². The molecule has 2 bridgehead atoms. The third kappa shape index (κ3) is 8.11. The zero-order valence-electron chi connectivity index (χ0n) is 23.2. The number of nitrogens with zero attached hydrogens (tertiary/aromatic N) is 2. The van der Waals surface area contributed by atoms with Crippen molar-refractivity contribution in [2.75, 3.05) is 26.2 Å². The minimum absolute atomic E-state index is 0.121. The maximum atomic E-state index is 13.6. The SMILES string of the molecule is CC(C)[C@H]1NC(=O)c2cncc(c2)CCCNC(=O)CN(C(=O)[C@@H]2CCCO2)C[C@@H](Cc2ccccc2)NC1=O. The van der Waals surface area contributed by atoms with E-state index in [4.69, 9.17) is 4.74 Å². The van der Waals surface area contributed by atoms with Gasteiger partial charge in [0.1, 0.15) is 12.1 Å². The lowest BCUT2D eigenvalue weighted by molar-refractivity contribution is -0.144. The molecule has 0 saturated carbocycles. The molecule has 1 aromatic heterocycles. The summed E-state index contributed by atoms with van der Waals surface area (Å²) in [6.45, 7) is 4.64. The number of ether oxygens (including phenoxy) is 1. The zero-order valence-corrected chi connectivity index (χ0v) is 23.2. The molecule has 3 heterocycles. The molecule has 1 saturated heterocycles. The Kier molecular flexibility index (Phi) is 10.2. The van der Waals surface area contributed by atoms with Gasteiger partial charge in [0.05, 0.1) is 18.2 Å². The summed E-state index contributed by atoms with van der Waals surface area (Å²) in [7, 11) is 0. The van der Waals surface area contributed by atoms with Crippen LogP contribution < -0.4 is 16.0 Å². The molecule has 1 aromatic carbocycles. The van der Waals surface area contributed by atoms with Gasteiger partial charge in [0.25, 0.3) is 11.8 Å². The lowest BCUT2D eigenvalue weighted by Gasteiger charge is -2.31. The third-order valence-corrected chi connectivity index (χ3v) is 7.22. The Hall–Kier alpha value is -3.79. The molecular formula is C30H39N5O5. The number of aryl methyl sites for hydroxylation is 1. The van der Waals surface area contributed by atoms with E-state index in [1.165, 1.54) is 11.1 Å². The molecular weight excluding hydrogens is 510 g/mol. The fourth-order valence-corrected chi connectivity index (χ4v) is 5.08. The van der Waals surface area contributed by atoms with Crippen molar-refractivity contribution in [2.24, 2.45) is 5.92 Å². The van der Waals surface area contributed by atoms with Gasteiger partial charge in [0.15, 0.2) is 0 Å². The fourth-order valence-electron chi connectivity index (χ4n) is 5.08. The number of hydrogen-bond donors (Lipinski definition) is 3. The second-order valence-corrected chi connectivity index (χ2v) is 10.8. The first-order valence-electron chi connectivity index (χ1n) is 14.1. The zero-order chi connectivity index (χ0) is 28.5. The molecule has 2 aliphatic heterocycles. The van der Waals surface area contributed by atoms with E-state index < -0.39 is 18.2 Å². The summed E-state index contributed by atoms with van der Waals surface area (Å²) < 4.78 is 5.65. The summed E-state index contributed by atoms with van der Waals surface area (Å²) >= 11 is 0. The van der Waals surface area contributed by atoms with Crippen LogP contribution in [0.1, 0.15) is 54.6 Å². The van der Waals surface area contributed by atoms with E-state index in [0.29, 0.717) is 44.4 Å². The number of amides is 4. The highest BCUT2D eigenvalue weighted by Gasteiger charge is 2.33. The third-order valence-electron chi connectivity index (χ3n) is 7.22. The Morgan fingerprint density at radius 3 is 2.62 bits per heavy atom. The van der Waals surface area contributed by atoms with E-state index in [9.17, 15) is 19.2 Å². The summed E-state index contributed by atoms with van der Waals surface area (Å²) in [6.07, 6.45) is 5.65. The Labute approximate surface area is 235 Å². The average Bonchev–Trinajstić information content (AvgIpc) is 3.48. The van der Waals surface area contributed by atoms with E-state index >= 15 is 0 Å². The number of pyridine rings is 1. The van der Waals surface area contributed by atoms with Crippen LogP contribution in [-0.4, -0.2) is 77.9 Å². The van der Waals surface area contributed by atoms with Crippen LogP contribution >= 0.6 is 0 Å². The molecule has 10 nitrogen and oxygen atoms in total. The second kappa shape index (κ2) is 14.0. The van der Waals surface area contributed by atoms with Crippen molar-refractivity contribution in [1.82, 2.24) is 25.8 Å². The molecule has 10 heteroatoms. The lowest BCUT2D eigenvalue weighted by atomic mass is 10.0. The highest BCUT2D eigenvalue weighted by atomic mass is 16.5. The van der Waals surface area contributed by atoms with E-state index in [1.807, 2.05) is 44.2 Å². The molecule has 0 unspecified atom stereocenters.